The van der Waals surface area contributed by atoms with Gasteiger partial charge in [-0.2, -0.15) is 0 Å². The number of fused-ring (bicyclic) bond motifs is 1. The summed E-state index contributed by atoms with van der Waals surface area (Å²) in [5.41, 5.74) is -1.71. The van der Waals surface area contributed by atoms with E-state index in [9.17, 15) is 28.3 Å². The summed E-state index contributed by atoms with van der Waals surface area (Å²) in [5.74, 6) is -1.39. The number of pyridine rings is 1. The largest absolute Gasteiger partial charge is 0.502 e. The molecular formula is C22H22F2N4O4. The molecule has 32 heavy (non-hydrogen) atoms. The fourth-order valence-corrected chi connectivity index (χ4v) is 3.27. The number of amides is 2. The monoisotopic (exact) mass is 444 g/mol. The van der Waals surface area contributed by atoms with E-state index < -0.39 is 40.2 Å². The van der Waals surface area contributed by atoms with Crippen molar-refractivity contribution in [2.45, 2.75) is 19.9 Å². The van der Waals surface area contributed by atoms with E-state index >= 15 is 0 Å². The standard InChI is InChI=1S/C22H22F2N4O4/c1-4-13(2)7-8-27-12-26(3)22(32)18-20(30)19(29)16(11-28(18)27)21(31)25-10-14-5-6-15(23)9-17(14)24/h1,5-6,9,11,13,30H,7-8,10,12H2,2-3H3,(H,25,31)/t13-/m1/s1. The molecule has 1 atom stereocenters. The maximum Gasteiger partial charge on any atom is 0.277 e. The normalized spacial score (nSPS) is 14.0. The minimum absolute atomic E-state index is 0.0173. The Balaban J connectivity index is 1.93. The molecule has 1 aliphatic heterocycles. The molecule has 2 N–H and O–H groups in total. The fourth-order valence-electron chi connectivity index (χ4n) is 3.27. The molecule has 1 aromatic carbocycles. The van der Waals surface area contributed by atoms with Crippen LogP contribution in [-0.4, -0.2) is 46.8 Å². The Morgan fingerprint density at radius 1 is 1.34 bits per heavy atom. The number of halogens is 2. The molecule has 10 heteroatoms. The van der Waals surface area contributed by atoms with Gasteiger partial charge in [0.05, 0.1) is 0 Å². The molecule has 0 unspecified atom stereocenters. The molecule has 0 aliphatic carbocycles. The molecule has 168 valence electrons. The van der Waals surface area contributed by atoms with E-state index in [2.05, 4.69) is 11.2 Å². The van der Waals surface area contributed by atoms with Crippen LogP contribution in [0.1, 0.15) is 39.8 Å². The van der Waals surface area contributed by atoms with Crippen LogP contribution in [0.2, 0.25) is 0 Å². The van der Waals surface area contributed by atoms with Gasteiger partial charge in [-0.15, -0.1) is 12.3 Å². The third kappa shape index (κ3) is 4.42. The third-order valence-electron chi connectivity index (χ3n) is 5.20. The van der Waals surface area contributed by atoms with Crippen LogP contribution in [0.25, 0.3) is 0 Å². The lowest BCUT2D eigenvalue weighted by Crippen LogP contribution is -2.53. The summed E-state index contributed by atoms with van der Waals surface area (Å²) < 4.78 is 28.1. The molecule has 8 nitrogen and oxygen atoms in total. The fraction of sp³-hybridized carbons (Fsp3) is 0.318. The maximum absolute atomic E-state index is 13.8. The first-order valence-corrected chi connectivity index (χ1v) is 9.81. The first-order chi connectivity index (χ1) is 15.1. The Morgan fingerprint density at radius 2 is 2.06 bits per heavy atom. The van der Waals surface area contributed by atoms with E-state index in [1.807, 2.05) is 6.92 Å². The van der Waals surface area contributed by atoms with Crippen LogP contribution >= 0.6 is 0 Å². The first kappa shape index (κ1) is 22.8. The molecule has 2 heterocycles. The van der Waals surface area contributed by atoms with Gasteiger partial charge in [0.25, 0.3) is 11.8 Å². The number of nitrogens with one attached hydrogen (secondary N) is 1. The van der Waals surface area contributed by atoms with Crippen molar-refractivity contribution in [1.29, 1.82) is 0 Å². The number of aromatic hydroxyl groups is 1. The zero-order valence-corrected chi connectivity index (χ0v) is 17.6. The Labute approximate surface area is 183 Å². The topological polar surface area (TPSA) is 94.9 Å². The molecule has 2 aromatic rings. The van der Waals surface area contributed by atoms with Crippen molar-refractivity contribution in [1.82, 2.24) is 14.9 Å². The molecule has 0 radical (unpaired) electrons. The summed E-state index contributed by atoms with van der Waals surface area (Å²) >= 11 is 0. The van der Waals surface area contributed by atoms with Gasteiger partial charge in [0.2, 0.25) is 5.43 Å². The molecule has 0 saturated heterocycles. The lowest BCUT2D eigenvalue weighted by Gasteiger charge is -2.38. The Hall–Kier alpha value is -3.87. The van der Waals surface area contributed by atoms with E-state index in [0.717, 1.165) is 6.07 Å². The van der Waals surface area contributed by atoms with Crippen molar-refractivity contribution >= 4 is 11.8 Å². The van der Waals surface area contributed by atoms with Crippen LogP contribution in [0.3, 0.4) is 0 Å². The van der Waals surface area contributed by atoms with Crippen LogP contribution in [0.4, 0.5) is 8.78 Å². The molecule has 1 aliphatic rings. The summed E-state index contributed by atoms with van der Waals surface area (Å²) in [7, 11) is 1.52. The molecule has 0 fully saturated rings. The van der Waals surface area contributed by atoms with Gasteiger partial charge in [-0.3, -0.25) is 24.1 Å². The SMILES string of the molecule is C#C[C@@H](C)CCN1CN(C)C(=O)c2c(O)c(=O)c(C(=O)NCc3ccc(F)cc3F)cn21. The predicted octanol–water partition coefficient (Wildman–Crippen LogP) is 1.40. The summed E-state index contributed by atoms with van der Waals surface area (Å²) in [6.07, 6.45) is 7.15. The van der Waals surface area contributed by atoms with E-state index in [1.165, 1.54) is 28.9 Å². The number of hydrogen-bond acceptors (Lipinski definition) is 5. The number of aromatic nitrogens is 1. The summed E-state index contributed by atoms with van der Waals surface area (Å²) in [4.78, 5) is 39.1. The van der Waals surface area contributed by atoms with Crippen LogP contribution in [-0.2, 0) is 6.54 Å². The van der Waals surface area contributed by atoms with Gasteiger partial charge in [0.1, 0.15) is 23.9 Å². The van der Waals surface area contributed by atoms with Gasteiger partial charge in [-0.25, -0.2) is 8.78 Å². The Bertz CT molecular complexity index is 1170. The Kier molecular flexibility index (Phi) is 6.48. The average molecular weight is 444 g/mol. The van der Waals surface area contributed by atoms with Gasteiger partial charge in [0.15, 0.2) is 11.4 Å². The second-order valence-corrected chi connectivity index (χ2v) is 7.56. The minimum Gasteiger partial charge on any atom is -0.502 e. The van der Waals surface area contributed by atoms with Crippen molar-refractivity contribution in [2.75, 3.05) is 25.3 Å². The second-order valence-electron chi connectivity index (χ2n) is 7.56. The van der Waals surface area contributed by atoms with Crippen LogP contribution < -0.4 is 15.8 Å². The Morgan fingerprint density at radius 3 is 2.72 bits per heavy atom. The highest BCUT2D eigenvalue weighted by Gasteiger charge is 2.32. The smallest absolute Gasteiger partial charge is 0.277 e. The van der Waals surface area contributed by atoms with Gasteiger partial charge in [-0.1, -0.05) is 13.0 Å². The quantitative estimate of drug-likeness (QED) is 0.657. The number of carbonyl (C=O) groups is 2. The van der Waals surface area contributed by atoms with Crippen molar-refractivity contribution < 1.29 is 23.5 Å². The maximum atomic E-state index is 13.8. The van der Waals surface area contributed by atoms with Gasteiger partial charge < -0.3 is 15.3 Å². The molecule has 2 amide bonds. The number of benzene rings is 1. The van der Waals surface area contributed by atoms with Gasteiger partial charge in [-0.05, 0) is 12.5 Å². The van der Waals surface area contributed by atoms with Crippen LogP contribution in [0.5, 0.6) is 5.75 Å². The predicted molar refractivity (Wildman–Crippen MR) is 113 cm³/mol. The highest BCUT2D eigenvalue weighted by Crippen LogP contribution is 2.21. The van der Waals surface area contributed by atoms with E-state index in [1.54, 1.807) is 5.01 Å². The third-order valence-corrected chi connectivity index (χ3v) is 5.20. The van der Waals surface area contributed by atoms with Gasteiger partial charge in [0, 0.05) is 43.9 Å². The van der Waals surface area contributed by atoms with E-state index in [4.69, 9.17) is 6.42 Å². The minimum atomic E-state index is -1.03. The van der Waals surface area contributed by atoms with Crippen molar-refractivity contribution in [3.05, 3.63) is 63.1 Å². The highest BCUT2D eigenvalue weighted by atomic mass is 19.1. The van der Waals surface area contributed by atoms with Crippen molar-refractivity contribution in [3.63, 3.8) is 0 Å². The first-order valence-electron chi connectivity index (χ1n) is 9.81. The van der Waals surface area contributed by atoms with Crippen molar-refractivity contribution in [3.8, 4) is 18.1 Å². The van der Waals surface area contributed by atoms with E-state index in [-0.39, 0.29) is 30.4 Å². The summed E-state index contributed by atoms with van der Waals surface area (Å²) in [6, 6.07) is 2.89. The lowest BCUT2D eigenvalue weighted by atomic mass is 10.1. The molecule has 0 spiro atoms. The lowest BCUT2D eigenvalue weighted by molar-refractivity contribution is 0.0730. The molecule has 0 saturated carbocycles. The van der Waals surface area contributed by atoms with Crippen LogP contribution in [0.15, 0.2) is 29.2 Å². The highest BCUT2D eigenvalue weighted by molar-refractivity contribution is 5.99. The summed E-state index contributed by atoms with van der Waals surface area (Å²) in [6.45, 7) is 2.08. The summed E-state index contributed by atoms with van der Waals surface area (Å²) in [5, 5.41) is 14.5. The molecule has 1 aromatic heterocycles. The molecule has 3 rings (SSSR count). The number of terminal acetylenes is 1. The second kappa shape index (κ2) is 9.09. The van der Waals surface area contributed by atoms with Gasteiger partial charge >= 0.3 is 0 Å². The zero-order valence-electron chi connectivity index (χ0n) is 17.6. The molecule has 0 bridgehead atoms. The molecular weight excluding hydrogens is 422 g/mol. The van der Waals surface area contributed by atoms with Crippen molar-refractivity contribution in [2.24, 2.45) is 5.92 Å². The van der Waals surface area contributed by atoms with E-state index in [0.29, 0.717) is 19.0 Å². The zero-order chi connectivity index (χ0) is 23.6. The number of hydrogen-bond donors (Lipinski definition) is 2. The number of carbonyl (C=O) groups excluding carboxylic acids is 2. The van der Waals surface area contributed by atoms with Crippen LogP contribution in [0, 0.1) is 29.9 Å². The average Bonchev–Trinajstić information content (AvgIpc) is 2.76. The number of rotatable bonds is 6. The number of nitrogens with zero attached hydrogens (tertiary/aromatic N) is 3.